The van der Waals surface area contributed by atoms with Crippen LogP contribution in [0.4, 0.5) is 4.39 Å². The molecule has 17 heavy (non-hydrogen) atoms. The van der Waals surface area contributed by atoms with Gasteiger partial charge >= 0.3 is 0 Å². The number of hydrogen-bond donors (Lipinski definition) is 1. The number of nitrogens with one attached hydrogen (secondary N) is 1. The minimum atomic E-state index is -0.319. The van der Waals surface area contributed by atoms with E-state index in [2.05, 4.69) is 10.4 Å². The van der Waals surface area contributed by atoms with Crippen LogP contribution in [0.1, 0.15) is 17.2 Å². The van der Waals surface area contributed by atoms with Crippen molar-refractivity contribution >= 4 is 11.6 Å². The monoisotopic (exact) mass is 253 g/mol. The molecule has 2 aromatic rings. The van der Waals surface area contributed by atoms with Gasteiger partial charge in [-0.3, -0.25) is 4.68 Å². The Morgan fingerprint density at radius 2 is 2.24 bits per heavy atom. The van der Waals surface area contributed by atoms with E-state index in [9.17, 15) is 4.39 Å². The van der Waals surface area contributed by atoms with Gasteiger partial charge in [-0.05, 0) is 19.2 Å². The molecule has 1 atom stereocenters. The number of aryl methyl sites for hydroxylation is 1. The molecule has 0 radical (unpaired) electrons. The maximum absolute atomic E-state index is 13.8. The summed E-state index contributed by atoms with van der Waals surface area (Å²) in [6, 6.07) is 4.46. The fourth-order valence-corrected chi connectivity index (χ4v) is 1.99. The molecule has 0 bridgehead atoms. The van der Waals surface area contributed by atoms with E-state index in [0.717, 1.165) is 5.56 Å². The first-order valence-corrected chi connectivity index (χ1v) is 5.60. The Kier molecular flexibility index (Phi) is 3.45. The molecule has 0 fully saturated rings. The Morgan fingerprint density at radius 1 is 1.47 bits per heavy atom. The lowest BCUT2D eigenvalue weighted by atomic mass is 10.0. The van der Waals surface area contributed by atoms with Crippen LogP contribution >= 0.6 is 11.6 Å². The van der Waals surface area contributed by atoms with Gasteiger partial charge in [0, 0.05) is 29.4 Å². The minimum absolute atomic E-state index is 0.221. The van der Waals surface area contributed by atoms with Gasteiger partial charge in [0.15, 0.2) is 0 Å². The topological polar surface area (TPSA) is 29.9 Å². The average molecular weight is 254 g/mol. The maximum atomic E-state index is 13.8. The molecule has 1 aromatic carbocycles. The Balaban J connectivity index is 2.42. The lowest BCUT2D eigenvalue weighted by Crippen LogP contribution is -2.18. The molecule has 0 aliphatic heterocycles. The minimum Gasteiger partial charge on any atom is -0.309 e. The van der Waals surface area contributed by atoms with Gasteiger partial charge < -0.3 is 5.32 Å². The summed E-state index contributed by atoms with van der Waals surface area (Å²) < 4.78 is 15.5. The van der Waals surface area contributed by atoms with E-state index in [1.165, 1.54) is 6.07 Å². The standard InChI is InChI=1S/C12H13ClFN3/c1-15-12(8-6-16-17(2)7-8)10-4-3-9(13)5-11(10)14/h3-7,12,15H,1-2H3. The highest BCUT2D eigenvalue weighted by Gasteiger charge is 2.17. The molecule has 0 saturated carbocycles. The molecule has 0 amide bonds. The van der Waals surface area contributed by atoms with Crippen LogP contribution in [0.3, 0.4) is 0 Å². The summed E-state index contributed by atoms with van der Waals surface area (Å²) in [5.74, 6) is -0.319. The maximum Gasteiger partial charge on any atom is 0.129 e. The van der Waals surface area contributed by atoms with Gasteiger partial charge in [-0.15, -0.1) is 0 Å². The molecule has 1 N–H and O–H groups in total. The molecule has 2 rings (SSSR count). The summed E-state index contributed by atoms with van der Waals surface area (Å²) in [6.45, 7) is 0. The molecular formula is C12H13ClFN3. The number of hydrogen-bond acceptors (Lipinski definition) is 2. The Hall–Kier alpha value is -1.39. The zero-order valence-electron chi connectivity index (χ0n) is 9.61. The molecule has 0 spiro atoms. The first-order chi connectivity index (χ1) is 8.11. The Bertz CT molecular complexity index is 524. The summed E-state index contributed by atoms with van der Waals surface area (Å²) in [5.41, 5.74) is 1.47. The van der Waals surface area contributed by atoms with E-state index in [-0.39, 0.29) is 11.9 Å². The van der Waals surface area contributed by atoms with Gasteiger partial charge in [-0.2, -0.15) is 5.10 Å². The fraction of sp³-hybridized carbons (Fsp3) is 0.250. The smallest absolute Gasteiger partial charge is 0.129 e. The van der Waals surface area contributed by atoms with E-state index in [1.54, 1.807) is 30.1 Å². The number of halogens is 2. The molecule has 0 saturated heterocycles. The highest BCUT2D eigenvalue weighted by molar-refractivity contribution is 6.30. The first kappa shape index (κ1) is 12.1. The number of aromatic nitrogens is 2. The van der Waals surface area contributed by atoms with Crippen molar-refractivity contribution < 1.29 is 4.39 Å². The van der Waals surface area contributed by atoms with Crippen molar-refractivity contribution in [3.63, 3.8) is 0 Å². The second kappa shape index (κ2) is 4.85. The zero-order chi connectivity index (χ0) is 12.4. The highest BCUT2D eigenvalue weighted by atomic mass is 35.5. The zero-order valence-corrected chi connectivity index (χ0v) is 10.4. The molecular weight excluding hydrogens is 241 g/mol. The molecule has 5 heteroatoms. The largest absolute Gasteiger partial charge is 0.309 e. The molecule has 1 aromatic heterocycles. The Morgan fingerprint density at radius 3 is 2.76 bits per heavy atom. The van der Waals surface area contributed by atoms with E-state index < -0.39 is 0 Å². The van der Waals surface area contributed by atoms with Gasteiger partial charge in [0.05, 0.1) is 12.2 Å². The first-order valence-electron chi connectivity index (χ1n) is 5.22. The van der Waals surface area contributed by atoms with Gasteiger partial charge in [-0.25, -0.2) is 4.39 Å². The summed E-state index contributed by atoms with van der Waals surface area (Å²) in [4.78, 5) is 0. The van der Waals surface area contributed by atoms with Gasteiger partial charge in [0.1, 0.15) is 5.82 Å². The van der Waals surface area contributed by atoms with Crippen LogP contribution in [0.2, 0.25) is 5.02 Å². The van der Waals surface area contributed by atoms with Crippen LogP contribution in [0.5, 0.6) is 0 Å². The van der Waals surface area contributed by atoms with Crippen molar-refractivity contribution in [1.82, 2.24) is 15.1 Å². The van der Waals surface area contributed by atoms with Crippen LogP contribution in [-0.4, -0.2) is 16.8 Å². The third-order valence-electron chi connectivity index (χ3n) is 2.62. The second-order valence-corrected chi connectivity index (χ2v) is 4.27. The normalized spacial score (nSPS) is 12.7. The molecule has 0 aliphatic rings. The van der Waals surface area contributed by atoms with Crippen LogP contribution in [0.15, 0.2) is 30.6 Å². The lowest BCUT2D eigenvalue weighted by molar-refractivity contribution is 0.576. The van der Waals surface area contributed by atoms with Crippen molar-refractivity contribution in [3.8, 4) is 0 Å². The summed E-state index contributed by atoms with van der Waals surface area (Å²) in [6.07, 6.45) is 3.57. The van der Waals surface area contributed by atoms with E-state index >= 15 is 0 Å². The average Bonchev–Trinajstić information content (AvgIpc) is 2.69. The fourth-order valence-electron chi connectivity index (χ4n) is 1.83. The second-order valence-electron chi connectivity index (χ2n) is 3.83. The third-order valence-corrected chi connectivity index (χ3v) is 2.86. The van der Waals surface area contributed by atoms with Crippen molar-refractivity contribution in [2.45, 2.75) is 6.04 Å². The van der Waals surface area contributed by atoms with Crippen molar-refractivity contribution in [2.75, 3.05) is 7.05 Å². The van der Waals surface area contributed by atoms with Crippen LogP contribution in [0, 0.1) is 5.82 Å². The van der Waals surface area contributed by atoms with Crippen molar-refractivity contribution in [2.24, 2.45) is 7.05 Å². The molecule has 1 unspecified atom stereocenters. The molecule has 90 valence electrons. The number of nitrogens with zero attached hydrogens (tertiary/aromatic N) is 2. The highest BCUT2D eigenvalue weighted by Crippen LogP contribution is 2.25. The van der Waals surface area contributed by atoms with Gasteiger partial charge in [0.25, 0.3) is 0 Å². The molecule has 1 heterocycles. The van der Waals surface area contributed by atoms with Gasteiger partial charge in [0.2, 0.25) is 0 Å². The summed E-state index contributed by atoms with van der Waals surface area (Å²) in [5, 5.41) is 7.55. The summed E-state index contributed by atoms with van der Waals surface area (Å²) >= 11 is 5.74. The van der Waals surface area contributed by atoms with Crippen molar-refractivity contribution in [1.29, 1.82) is 0 Å². The van der Waals surface area contributed by atoms with Crippen LogP contribution < -0.4 is 5.32 Å². The third kappa shape index (κ3) is 2.48. The predicted molar refractivity (Wildman–Crippen MR) is 65.5 cm³/mol. The lowest BCUT2D eigenvalue weighted by Gasteiger charge is -2.15. The van der Waals surface area contributed by atoms with Crippen LogP contribution in [0.25, 0.3) is 0 Å². The van der Waals surface area contributed by atoms with E-state index in [0.29, 0.717) is 10.6 Å². The summed E-state index contributed by atoms with van der Waals surface area (Å²) in [7, 11) is 3.61. The van der Waals surface area contributed by atoms with Crippen LogP contribution in [-0.2, 0) is 7.05 Å². The SMILES string of the molecule is CNC(c1cnn(C)c1)c1ccc(Cl)cc1F. The van der Waals surface area contributed by atoms with Crippen molar-refractivity contribution in [3.05, 3.63) is 52.6 Å². The number of rotatable bonds is 3. The predicted octanol–water partition coefficient (Wildman–Crippen LogP) is 2.52. The molecule has 3 nitrogen and oxygen atoms in total. The molecule has 0 aliphatic carbocycles. The van der Waals surface area contributed by atoms with E-state index in [1.807, 2.05) is 13.2 Å². The number of benzene rings is 1. The Labute approximate surface area is 104 Å². The quantitative estimate of drug-likeness (QED) is 0.911. The van der Waals surface area contributed by atoms with E-state index in [4.69, 9.17) is 11.6 Å². The van der Waals surface area contributed by atoms with Gasteiger partial charge in [-0.1, -0.05) is 17.7 Å².